The number of allylic oxidation sites excluding steroid dienone is 3. The molecule has 1 aliphatic rings. The van der Waals surface area contributed by atoms with Gasteiger partial charge in [0.2, 0.25) is 0 Å². The van der Waals surface area contributed by atoms with Crippen LogP contribution in [0.15, 0.2) is 24.8 Å². The van der Waals surface area contributed by atoms with E-state index in [4.69, 9.17) is 0 Å². The van der Waals surface area contributed by atoms with Crippen molar-refractivity contribution in [1.29, 1.82) is 0 Å². The van der Waals surface area contributed by atoms with Crippen molar-refractivity contribution >= 4 is 11.6 Å². The number of hydrogen-bond donors (Lipinski definition) is 0. The fourth-order valence-electron chi connectivity index (χ4n) is 4.08. The topological polar surface area (TPSA) is 34.1 Å². The van der Waals surface area contributed by atoms with Crippen molar-refractivity contribution in [2.45, 2.75) is 98.3 Å². The maximum absolute atomic E-state index is 13.1. The normalized spacial score (nSPS) is 25.8. The number of rotatable bonds is 3. The highest BCUT2D eigenvalue weighted by atomic mass is 16.1. The van der Waals surface area contributed by atoms with Gasteiger partial charge in [0.1, 0.15) is 11.6 Å². The minimum Gasteiger partial charge on any atom is -0.299 e. The summed E-state index contributed by atoms with van der Waals surface area (Å²) in [5.41, 5.74) is -0.779. The first kappa shape index (κ1) is 22.9. The second-order valence-corrected chi connectivity index (χ2v) is 9.27. The van der Waals surface area contributed by atoms with E-state index >= 15 is 0 Å². The summed E-state index contributed by atoms with van der Waals surface area (Å²) in [5, 5.41) is 0. The van der Waals surface area contributed by atoms with E-state index in [-0.39, 0.29) is 11.3 Å². The average molecular weight is 361 g/mol. The summed E-state index contributed by atoms with van der Waals surface area (Å²) in [6.45, 7) is 11.9. The van der Waals surface area contributed by atoms with Gasteiger partial charge in [-0.2, -0.15) is 0 Å². The van der Waals surface area contributed by atoms with Crippen LogP contribution in [0.3, 0.4) is 0 Å². The molecular weight excluding hydrogens is 320 g/mol. The summed E-state index contributed by atoms with van der Waals surface area (Å²) in [5.74, 6) is 0.772. The SMILES string of the molecule is C=CCCC1CCCCCC=CCCC(C)(C)C(=O)C(C)(C)CCC1=O. The smallest absolute Gasteiger partial charge is 0.144 e. The molecule has 0 N–H and O–H groups in total. The Labute approximate surface area is 161 Å². The molecule has 1 rings (SSSR count). The Balaban J connectivity index is 2.88. The predicted molar refractivity (Wildman–Crippen MR) is 111 cm³/mol. The first-order valence-electron chi connectivity index (χ1n) is 10.5. The molecule has 148 valence electrons. The number of carbonyl (C=O) groups excluding carboxylic acids is 2. The molecule has 0 radical (unpaired) electrons. The van der Waals surface area contributed by atoms with Crippen LogP contribution in [0.2, 0.25) is 0 Å². The maximum Gasteiger partial charge on any atom is 0.144 e. The van der Waals surface area contributed by atoms with Crippen molar-refractivity contribution in [3.05, 3.63) is 24.8 Å². The van der Waals surface area contributed by atoms with Gasteiger partial charge in [-0.25, -0.2) is 0 Å². The quantitative estimate of drug-likeness (QED) is 0.516. The summed E-state index contributed by atoms with van der Waals surface area (Å²) >= 11 is 0. The van der Waals surface area contributed by atoms with Crippen LogP contribution in [0.5, 0.6) is 0 Å². The summed E-state index contributed by atoms with van der Waals surface area (Å²) in [6.07, 6.45) is 16.8. The van der Waals surface area contributed by atoms with Crippen molar-refractivity contribution in [2.75, 3.05) is 0 Å². The van der Waals surface area contributed by atoms with E-state index in [0.29, 0.717) is 24.4 Å². The van der Waals surface area contributed by atoms with E-state index in [2.05, 4.69) is 32.6 Å². The molecule has 2 heteroatoms. The van der Waals surface area contributed by atoms with Crippen molar-refractivity contribution in [3.8, 4) is 0 Å². The van der Waals surface area contributed by atoms with E-state index in [0.717, 1.165) is 44.9 Å². The van der Waals surface area contributed by atoms with Crippen LogP contribution in [0.1, 0.15) is 98.3 Å². The van der Waals surface area contributed by atoms with Gasteiger partial charge in [0.05, 0.1) is 0 Å². The second-order valence-electron chi connectivity index (χ2n) is 9.27. The third kappa shape index (κ3) is 7.60. The Morgan fingerprint density at radius 3 is 2.35 bits per heavy atom. The van der Waals surface area contributed by atoms with Gasteiger partial charge in [0, 0.05) is 23.2 Å². The highest BCUT2D eigenvalue weighted by molar-refractivity contribution is 5.90. The van der Waals surface area contributed by atoms with E-state index in [1.807, 2.05) is 19.9 Å². The van der Waals surface area contributed by atoms with Gasteiger partial charge in [-0.15, -0.1) is 6.58 Å². The summed E-state index contributed by atoms with van der Waals surface area (Å²) in [4.78, 5) is 25.9. The van der Waals surface area contributed by atoms with Crippen LogP contribution >= 0.6 is 0 Å². The van der Waals surface area contributed by atoms with Crippen LogP contribution in [0.25, 0.3) is 0 Å². The molecule has 0 saturated heterocycles. The van der Waals surface area contributed by atoms with Gasteiger partial charge in [0.15, 0.2) is 0 Å². The maximum atomic E-state index is 13.1. The fourth-order valence-corrected chi connectivity index (χ4v) is 4.08. The van der Waals surface area contributed by atoms with E-state index < -0.39 is 5.41 Å². The molecule has 0 amide bonds. The van der Waals surface area contributed by atoms with Crippen molar-refractivity contribution in [3.63, 3.8) is 0 Å². The molecule has 2 nitrogen and oxygen atoms in total. The zero-order chi connectivity index (χ0) is 19.6. The van der Waals surface area contributed by atoms with Gasteiger partial charge in [0.25, 0.3) is 0 Å². The molecule has 0 aromatic heterocycles. The molecule has 0 heterocycles. The van der Waals surface area contributed by atoms with Crippen LogP contribution in [-0.4, -0.2) is 11.6 Å². The van der Waals surface area contributed by atoms with Gasteiger partial charge in [-0.05, 0) is 51.4 Å². The lowest BCUT2D eigenvalue weighted by molar-refractivity contribution is -0.137. The van der Waals surface area contributed by atoms with Gasteiger partial charge in [-0.1, -0.05) is 58.8 Å². The lowest BCUT2D eigenvalue weighted by atomic mass is 9.69. The van der Waals surface area contributed by atoms with Crippen LogP contribution in [-0.2, 0) is 9.59 Å². The van der Waals surface area contributed by atoms with Crippen LogP contribution < -0.4 is 0 Å². The van der Waals surface area contributed by atoms with Gasteiger partial charge < -0.3 is 0 Å². The number of carbonyl (C=O) groups is 2. The molecule has 0 aromatic rings. The third-order valence-corrected chi connectivity index (χ3v) is 5.93. The van der Waals surface area contributed by atoms with E-state index in [1.165, 1.54) is 12.8 Å². The Kier molecular flexibility index (Phi) is 9.54. The predicted octanol–water partition coefficient (Wildman–Crippen LogP) is 6.84. The molecular formula is C24H40O2. The van der Waals surface area contributed by atoms with Gasteiger partial charge in [-0.3, -0.25) is 9.59 Å². The Bertz CT molecular complexity index is 496. The average Bonchev–Trinajstić information content (AvgIpc) is 2.59. The number of hydrogen-bond acceptors (Lipinski definition) is 2. The third-order valence-electron chi connectivity index (χ3n) is 5.93. The Morgan fingerprint density at radius 1 is 1.00 bits per heavy atom. The van der Waals surface area contributed by atoms with Crippen molar-refractivity contribution in [2.24, 2.45) is 16.7 Å². The molecule has 1 atom stereocenters. The van der Waals surface area contributed by atoms with E-state index in [9.17, 15) is 9.59 Å². The highest BCUT2D eigenvalue weighted by Gasteiger charge is 2.38. The standard InChI is InChI=1S/C24H40O2/c1-6-7-15-20-16-13-11-9-8-10-12-14-18-23(2,3)22(26)24(4,5)19-17-21(20)25/h6,10,12,20H,1,7-9,11,13-19H2,2-5H3. The van der Waals surface area contributed by atoms with Gasteiger partial charge >= 0.3 is 0 Å². The first-order valence-corrected chi connectivity index (χ1v) is 10.5. The lowest BCUT2D eigenvalue weighted by Gasteiger charge is -2.33. The van der Waals surface area contributed by atoms with Crippen LogP contribution in [0.4, 0.5) is 0 Å². The highest BCUT2D eigenvalue weighted by Crippen LogP contribution is 2.37. The molecule has 0 aliphatic heterocycles. The van der Waals surface area contributed by atoms with E-state index in [1.54, 1.807) is 0 Å². The Morgan fingerprint density at radius 2 is 1.65 bits per heavy atom. The van der Waals surface area contributed by atoms with Crippen LogP contribution in [0, 0.1) is 16.7 Å². The number of ketones is 2. The first-order chi connectivity index (χ1) is 12.2. The zero-order valence-electron chi connectivity index (χ0n) is 17.6. The van der Waals surface area contributed by atoms with Crippen molar-refractivity contribution in [1.82, 2.24) is 0 Å². The summed E-state index contributed by atoms with van der Waals surface area (Å²) in [6, 6.07) is 0. The fraction of sp³-hybridized carbons (Fsp3) is 0.750. The summed E-state index contributed by atoms with van der Waals surface area (Å²) in [7, 11) is 0. The molecule has 0 saturated carbocycles. The minimum atomic E-state index is -0.442. The molecule has 0 fully saturated rings. The zero-order valence-corrected chi connectivity index (χ0v) is 17.6. The molecule has 0 spiro atoms. The molecule has 1 unspecified atom stereocenters. The molecule has 26 heavy (non-hydrogen) atoms. The molecule has 0 aromatic carbocycles. The second kappa shape index (κ2) is 10.8. The number of Topliss-reactive ketones (excluding diaryl/α,β-unsaturated/α-hetero) is 2. The molecule has 1 aliphatic carbocycles. The van der Waals surface area contributed by atoms with Crippen molar-refractivity contribution < 1.29 is 9.59 Å². The largest absolute Gasteiger partial charge is 0.299 e. The minimum absolute atomic E-state index is 0.135. The summed E-state index contributed by atoms with van der Waals surface area (Å²) < 4.78 is 0. The Hall–Kier alpha value is -1.18. The molecule has 0 bridgehead atoms. The lowest BCUT2D eigenvalue weighted by Crippen LogP contribution is -2.37. The monoisotopic (exact) mass is 360 g/mol.